The van der Waals surface area contributed by atoms with Gasteiger partial charge >= 0.3 is 0 Å². The second-order valence-electron chi connectivity index (χ2n) is 4.56. The fourth-order valence-corrected chi connectivity index (χ4v) is 2.42. The zero-order valence-corrected chi connectivity index (χ0v) is 10.9. The SMILES string of the molecule is CCC1CN(C(CC)(CN)COC)CCO1. The average Bonchev–Trinajstić information content (AvgIpc) is 2.36. The third-order valence-electron chi connectivity index (χ3n) is 3.72. The van der Waals surface area contributed by atoms with E-state index in [1.165, 1.54) is 0 Å². The molecular formula is C12H26N2O2. The molecule has 1 rings (SSSR count). The highest BCUT2D eigenvalue weighted by Crippen LogP contribution is 2.23. The molecule has 1 aliphatic rings. The number of hydrogen-bond donors (Lipinski definition) is 1. The third kappa shape index (κ3) is 2.94. The Morgan fingerprint density at radius 1 is 1.50 bits per heavy atom. The van der Waals surface area contributed by atoms with Gasteiger partial charge in [-0.25, -0.2) is 0 Å². The molecule has 0 aliphatic carbocycles. The van der Waals surface area contributed by atoms with Crippen LogP contribution < -0.4 is 5.73 Å². The molecule has 4 nitrogen and oxygen atoms in total. The van der Waals surface area contributed by atoms with E-state index in [0.717, 1.165) is 32.5 Å². The van der Waals surface area contributed by atoms with E-state index in [1.807, 2.05) is 0 Å². The van der Waals surface area contributed by atoms with Crippen LogP contribution in [0, 0.1) is 0 Å². The number of hydrogen-bond acceptors (Lipinski definition) is 4. The molecule has 1 saturated heterocycles. The average molecular weight is 230 g/mol. The molecule has 4 heteroatoms. The van der Waals surface area contributed by atoms with Gasteiger partial charge in [-0.2, -0.15) is 0 Å². The quantitative estimate of drug-likeness (QED) is 0.735. The molecule has 2 atom stereocenters. The summed E-state index contributed by atoms with van der Waals surface area (Å²) in [4.78, 5) is 2.45. The van der Waals surface area contributed by atoms with E-state index >= 15 is 0 Å². The summed E-state index contributed by atoms with van der Waals surface area (Å²) >= 11 is 0. The van der Waals surface area contributed by atoms with Crippen LogP contribution in [0.2, 0.25) is 0 Å². The molecule has 0 saturated carbocycles. The summed E-state index contributed by atoms with van der Waals surface area (Å²) < 4.78 is 11.0. The molecule has 0 aromatic rings. The first-order valence-electron chi connectivity index (χ1n) is 6.28. The van der Waals surface area contributed by atoms with Crippen LogP contribution in [0.25, 0.3) is 0 Å². The van der Waals surface area contributed by atoms with Crippen molar-refractivity contribution >= 4 is 0 Å². The second-order valence-corrected chi connectivity index (χ2v) is 4.56. The summed E-state index contributed by atoms with van der Waals surface area (Å²) in [5.74, 6) is 0. The second kappa shape index (κ2) is 6.55. The first-order chi connectivity index (χ1) is 7.72. The minimum atomic E-state index is -0.00799. The molecule has 96 valence electrons. The van der Waals surface area contributed by atoms with E-state index in [0.29, 0.717) is 19.3 Å². The van der Waals surface area contributed by atoms with Crippen LogP contribution in [-0.4, -0.2) is 56.5 Å². The summed E-state index contributed by atoms with van der Waals surface area (Å²) in [6.45, 7) is 8.45. The van der Waals surface area contributed by atoms with Gasteiger partial charge in [0.2, 0.25) is 0 Å². The van der Waals surface area contributed by atoms with Crippen LogP contribution in [-0.2, 0) is 9.47 Å². The van der Waals surface area contributed by atoms with Gasteiger partial charge < -0.3 is 15.2 Å². The maximum Gasteiger partial charge on any atom is 0.0700 e. The number of nitrogens with two attached hydrogens (primary N) is 1. The summed E-state index contributed by atoms with van der Waals surface area (Å²) in [6.07, 6.45) is 2.44. The van der Waals surface area contributed by atoms with Gasteiger partial charge in [0, 0.05) is 26.7 Å². The van der Waals surface area contributed by atoms with Gasteiger partial charge in [0.25, 0.3) is 0 Å². The Bertz CT molecular complexity index is 195. The summed E-state index contributed by atoms with van der Waals surface area (Å²) in [7, 11) is 1.75. The van der Waals surface area contributed by atoms with Crippen LogP contribution in [0.4, 0.5) is 0 Å². The molecule has 1 fully saturated rings. The van der Waals surface area contributed by atoms with E-state index in [1.54, 1.807) is 7.11 Å². The number of morpholine rings is 1. The molecule has 0 amide bonds. The first-order valence-corrected chi connectivity index (χ1v) is 6.28. The highest BCUT2D eigenvalue weighted by atomic mass is 16.5. The Morgan fingerprint density at radius 2 is 2.25 bits per heavy atom. The van der Waals surface area contributed by atoms with Crippen LogP contribution in [0.3, 0.4) is 0 Å². The fourth-order valence-electron chi connectivity index (χ4n) is 2.42. The topological polar surface area (TPSA) is 47.7 Å². The van der Waals surface area contributed by atoms with Gasteiger partial charge in [-0.15, -0.1) is 0 Å². The summed E-state index contributed by atoms with van der Waals surface area (Å²) in [5, 5.41) is 0. The van der Waals surface area contributed by atoms with Crippen molar-refractivity contribution in [1.29, 1.82) is 0 Å². The lowest BCUT2D eigenvalue weighted by Crippen LogP contribution is -2.61. The largest absolute Gasteiger partial charge is 0.383 e. The highest BCUT2D eigenvalue weighted by molar-refractivity contribution is 4.93. The summed E-state index contributed by atoms with van der Waals surface area (Å²) in [6, 6.07) is 0. The number of methoxy groups -OCH3 is 1. The molecule has 16 heavy (non-hydrogen) atoms. The van der Waals surface area contributed by atoms with Crippen molar-refractivity contribution in [3.63, 3.8) is 0 Å². The normalized spacial score (nSPS) is 26.6. The first kappa shape index (κ1) is 13.9. The van der Waals surface area contributed by atoms with Crippen molar-refractivity contribution in [2.24, 2.45) is 5.73 Å². The van der Waals surface area contributed by atoms with Crippen LogP contribution in [0.1, 0.15) is 26.7 Å². The molecule has 2 unspecified atom stereocenters. The minimum absolute atomic E-state index is 0.00799. The molecule has 2 N–H and O–H groups in total. The van der Waals surface area contributed by atoms with Gasteiger partial charge in [-0.05, 0) is 12.8 Å². The molecule has 0 aromatic heterocycles. The third-order valence-corrected chi connectivity index (χ3v) is 3.72. The predicted molar refractivity (Wildman–Crippen MR) is 65.6 cm³/mol. The fraction of sp³-hybridized carbons (Fsp3) is 1.00. The number of ether oxygens (including phenoxy) is 2. The van der Waals surface area contributed by atoms with Crippen LogP contribution in [0.5, 0.6) is 0 Å². The Balaban J connectivity index is 2.69. The van der Waals surface area contributed by atoms with E-state index in [2.05, 4.69) is 18.7 Å². The maximum absolute atomic E-state index is 5.96. The zero-order valence-electron chi connectivity index (χ0n) is 10.9. The van der Waals surface area contributed by atoms with Crippen LogP contribution in [0.15, 0.2) is 0 Å². The molecular weight excluding hydrogens is 204 g/mol. The smallest absolute Gasteiger partial charge is 0.0700 e. The lowest BCUT2D eigenvalue weighted by atomic mass is 9.93. The lowest BCUT2D eigenvalue weighted by molar-refractivity contribution is -0.0871. The van der Waals surface area contributed by atoms with Crippen molar-refractivity contribution in [2.75, 3.05) is 40.0 Å². The predicted octanol–water partition coefficient (Wildman–Crippen LogP) is 0.851. The van der Waals surface area contributed by atoms with Gasteiger partial charge in [0.15, 0.2) is 0 Å². The molecule has 0 aromatic carbocycles. The Morgan fingerprint density at radius 3 is 2.75 bits per heavy atom. The van der Waals surface area contributed by atoms with Gasteiger partial charge in [0.05, 0.1) is 24.9 Å². The van der Waals surface area contributed by atoms with Crippen molar-refractivity contribution in [1.82, 2.24) is 4.90 Å². The lowest BCUT2D eigenvalue weighted by Gasteiger charge is -2.46. The summed E-state index contributed by atoms with van der Waals surface area (Å²) in [5.41, 5.74) is 5.95. The number of rotatable bonds is 6. The van der Waals surface area contributed by atoms with Gasteiger partial charge in [-0.1, -0.05) is 13.8 Å². The van der Waals surface area contributed by atoms with Crippen molar-refractivity contribution in [3.05, 3.63) is 0 Å². The van der Waals surface area contributed by atoms with Gasteiger partial charge in [0.1, 0.15) is 0 Å². The Kier molecular flexibility index (Phi) is 5.69. The monoisotopic (exact) mass is 230 g/mol. The zero-order chi connectivity index (χ0) is 12.0. The Labute approximate surface area is 99.1 Å². The molecule has 0 spiro atoms. The van der Waals surface area contributed by atoms with Crippen LogP contribution >= 0.6 is 0 Å². The molecule has 0 radical (unpaired) electrons. The number of nitrogens with zero attached hydrogens (tertiary/aromatic N) is 1. The van der Waals surface area contributed by atoms with E-state index in [4.69, 9.17) is 15.2 Å². The maximum atomic E-state index is 5.96. The molecule has 1 heterocycles. The van der Waals surface area contributed by atoms with E-state index < -0.39 is 0 Å². The Hall–Kier alpha value is -0.160. The standard InChI is InChI=1S/C12H26N2O2/c1-4-11-8-14(6-7-16-11)12(5-2,9-13)10-15-3/h11H,4-10,13H2,1-3H3. The van der Waals surface area contributed by atoms with Crippen molar-refractivity contribution < 1.29 is 9.47 Å². The van der Waals surface area contributed by atoms with Crippen molar-refractivity contribution in [2.45, 2.75) is 38.3 Å². The minimum Gasteiger partial charge on any atom is -0.383 e. The molecule has 0 bridgehead atoms. The molecule has 1 aliphatic heterocycles. The highest BCUT2D eigenvalue weighted by Gasteiger charge is 2.36. The van der Waals surface area contributed by atoms with Gasteiger partial charge in [-0.3, -0.25) is 4.90 Å². The van der Waals surface area contributed by atoms with Crippen molar-refractivity contribution in [3.8, 4) is 0 Å². The van der Waals surface area contributed by atoms with E-state index in [-0.39, 0.29) is 5.54 Å². The van der Waals surface area contributed by atoms with E-state index in [9.17, 15) is 0 Å².